The fourth-order valence-electron chi connectivity index (χ4n) is 3.57. The van der Waals surface area contributed by atoms with E-state index >= 15 is 0 Å². The summed E-state index contributed by atoms with van der Waals surface area (Å²) in [7, 11) is 0. The van der Waals surface area contributed by atoms with Crippen molar-refractivity contribution >= 4 is 11.8 Å². The van der Waals surface area contributed by atoms with Crippen molar-refractivity contribution in [1.29, 1.82) is 0 Å². The predicted octanol–water partition coefficient (Wildman–Crippen LogP) is 2.07. The predicted molar refractivity (Wildman–Crippen MR) is 87.8 cm³/mol. The van der Waals surface area contributed by atoms with Crippen LogP contribution in [0.5, 0.6) is 0 Å². The Morgan fingerprint density at radius 2 is 2.25 bits per heavy atom. The Morgan fingerprint density at radius 3 is 3.04 bits per heavy atom. The van der Waals surface area contributed by atoms with Gasteiger partial charge in [0.15, 0.2) is 0 Å². The van der Waals surface area contributed by atoms with Crippen LogP contribution >= 0.6 is 0 Å². The lowest BCUT2D eigenvalue weighted by Crippen LogP contribution is -2.33. The van der Waals surface area contributed by atoms with E-state index in [9.17, 15) is 4.79 Å². The van der Waals surface area contributed by atoms with Gasteiger partial charge in [-0.3, -0.25) is 0 Å². The normalized spacial score (nSPS) is 21.1. The monoisotopic (exact) mass is 327 g/mol. The van der Waals surface area contributed by atoms with Gasteiger partial charge in [-0.1, -0.05) is 6.92 Å². The first-order valence-corrected chi connectivity index (χ1v) is 8.40. The summed E-state index contributed by atoms with van der Waals surface area (Å²) in [6.45, 7) is 6.67. The zero-order valence-corrected chi connectivity index (χ0v) is 14.2. The molecule has 126 valence electrons. The van der Waals surface area contributed by atoms with E-state index in [2.05, 4.69) is 32.0 Å². The van der Waals surface area contributed by atoms with Crippen LogP contribution in [-0.4, -0.2) is 31.8 Å². The number of fused-ring (bicyclic) bond motifs is 2. The molecular formula is C17H21N5O2. The highest BCUT2D eigenvalue weighted by Gasteiger charge is 2.40. The molecule has 0 radical (unpaired) electrons. The summed E-state index contributed by atoms with van der Waals surface area (Å²) < 4.78 is 7.66. The SMILES string of the molecule is CCc1nnc2n1CC(Nc1nccc3c1C(=O)OC3(C)C)CC2. The first kappa shape index (κ1) is 15.1. The molecule has 2 aliphatic rings. The van der Waals surface area contributed by atoms with E-state index in [1.54, 1.807) is 6.20 Å². The largest absolute Gasteiger partial charge is 0.451 e. The Bertz CT molecular complexity index is 798. The van der Waals surface area contributed by atoms with E-state index in [-0.39, 0.29) is 12.0 Å². The molecule has 7 nitrogen and oxygen atoms in total. The van der Waals surface area contributed by atoms with Gasteiger partial charge in [0.2, 0.25) is 0 Å². The minimum Gasteiger partial charge on any atom is -0.451 e. The van der Waals surface area contributed by atoms with Gasteiger partial charge < -0.3 is 14.6 Å². The maximum atomic E-state index is 12.3. The number of hydrogen-bond donors (Lipinski definition) is 1. The highest BCUT2D eigenvalue weighted by molar-refractivity contribution is 5.99. The first-order valence-electron chi connectivity index (χ1n) is 8.40. The zero-order chi connectivity index (χ0) is 16.9. The number of aromatic nitrogens is 4. The first-order chi connectivity index (χ1) is 11.5. The number of carbonyl (C=O) groups is 1. The fourth-order valence-corrected chi connectivity index (χ4v) is 3.57. The number of pyridine rings is 1. The standard InChI is InChI=1S/C17H21N5O2/c1-4-12-20-21-13-6-5-10(9-22(12)13)19-15-14-11(7-8-18-15)17(2,3)24-16(14)23/h7-8,10H,4-6,9H2,1-3H3,(H,18,19). The average molecular weight is 327 g/mol. The van der Waals surface area contributed by atoms with Crippen LogP contribution < -0.4 is 5.32 Å². The van der Waals surface area contributed by atoms with Gasteiger partial charge in [0.1, 0.15) is 28.6 Å². The molecule has 2 aromatic rings. The molecule has 0 bridgehead atoms. The molecule has 4 heterocycles. The van der Waals surface area contributed by atoms with Crippen LogP contribution in [-0.2, 0) is 29.7 Å². The van der Waals surface area contributed by atoms with Gasteiger partial charge >= 0.3 is 5.97 Å². The van der Waals surface area contributed by atoms with Crippen molar-refractivity contribution in [1.82, 2.24) is 19.7 Å². The molecule has 0 spiro atoms. The van der Waals surface area contributed by atoms with Crippen molar-refractivity contribution in [2.45, 2.75) is 58.2 Å². The van der Waals surface area contributed by atoms with E-state index in [0.717, 1.165) is 43.0 Å². The topological polar surface area (TPSA) is 81.9 Å². The lowest BCUT2D eigenvalue weighted by atomic mass is 9.97. The van der Waals surface area contributed by atoms with E-state index in [1.165, 1.54) is 0 Å². The quantitative estimate of drug-likeness (QED) is 0.869. The lowest BCUT2D eigenvalue weighted by molar-refractivity contribution is 0.00958. The van der Waals surface area contributed by atoms with Crippen LogP contribution in [0.4, 0.5) is 5.82 Å². The second-order valence-electron chi connectivity index (χ2n) is 6.86. The maximum absolute atomic E-state index is 12.3. The van der Waals surface area contributed by atoms with Crippen LogP contribution in [0.1, 0.15) is 54.8 Å². The number of anilines is 1. The third-order valence-corrected chi connectivity index (χ3v) is 4.83. The van der Waals surface area contributed by atoms with Gasteiger partial charge in [0.25, 0.3) is 0 Å². The minimum absolute atomic E-state index is 0.189. The van der Waals surface area contributed by atoms with E-state index in [4.69, 9.17) is 4.74 Å². The Labute approximate surface area is 140 Å². The Balaban J connectivity index is 1.62. The van der Waals surface area contributed by atoms with Crippen molar-refractivity contribution in [2.24, 2.45) is 0 Å². The van der Waals surface area contributed by atoms with E-state index < -0.39 is 5.60 Å². The number of ether oxygens (including phenoxy) is 1. The number of esters is 1. The fraction of sp³-hybridized carbons (Fsp3) is 0.529. The number of aryl methyl sites for hydroxylation is 2. The molecule has 2 aromatic heterocycles. The zero-order valence-electron chi connectivity index (χ0n) is 14.2. The van der Waals surface area contributed by atoms with Crippen LogP contribution in [0.2, 0.25) is 0 Å². The van der Waals surface area contributed by atoms with Crippen LogP contribution in [0, 0.1) is 0 Å². The second-order valence-corrected chi connectivity index (χ2v) is 6.86. The Morgan fingerprint density at radius 1 is 1.42 bits per heavy atom. The molecule has 0 saturated carbocycles. The van der Waals surface area contributed by atoms with Gasteiger partial charge in [0.05, 0.1) is 0 Å². The van der Waals surface area contributed by atoms with Crippen LogP contribution in [0.15, 0.2) is 12.3 Å². The molecule has 2 aliphatic heterocycles. The van der Waals surface area contributed by atoms with Gasteiger partial charge in [-0.25, -0.2) is 9.78 Å². The molecule has 0 aliphatic carbocycles. The summed E-state index contributed by atoms with van der Waals surface area (Å²) in [5.41, 5.74) is 0.850. The summed E-state index contributed by atoms with van der Waals surface area (Å²) in [6, 6.07) is 2.05. The molecular weight excluding hydrogens is 306 g/mol. The maximum Gasteiger partial charge on any atom is 0.343 e. The smallest absolute Gasteiger partial charge is 0.343 e. The number of cyclic esters (lactones) is 1. The van der Waals surface area contributed by atoms with Crippen molar-refractivity contribution in [3.63, 3.8) is 0 Å². The third kappa shape index (κ3) is 2.26. The van der Waals surface area contributed by atoms with Crippen molar-refractivity contribution in [2.75, 3.05) is 5.32 Å². The number of carbonyl (C=O) groups excluding carboxylic acids is 1. The van der Waals surface area contributed by atoms with Crippen molar-refractivity contribution < 1.29 is 9.53 Å². The van der Waals surface area contributed by atoms with Gasteiger partial charge in [-0.05, 0) is 26.3 Å². The molecule has 1 N–H and O–H groups in total. The molecule has 0 amide bonds. The third-order valence-electron chi connectivity index (χ3n) is 4.83. The summed E-state index contributed by atoms with van der Waals surface area (Å²) in [5, 5.41) is 11.9. The average Bonchev–Trinajstić information content (AvgIpc) is 3.06. The highest BCUT2D eigenvalue weighted by Crippen LogP contribution is 2.38. The van der Waals surface area contributed by atoms with E-state index in [0.29, 0.717) is 11.4 Å². The number of nitrogens with one attached hydrogen (secondary N) is 1. The lowest BCUT2D eigenvalue weighted by Gasteiger charge is -2.26. The molecule has 1 unspecified atom stereocenters. The minimum atomic E-state index is -0.602. The molecule has 0 saturated heterocycles. The second kappa shape index (κ2) is 5.29. The highest BCUT2D eigenvalue weighted by atomic mass is 16.6. The molecule has 24 heavy (non-hydrogen) atoms. The number of hydrogen-bond acceptors (Lipinski definition) is 6. The number of nitrogens with zero attached hydrogens (tertiary/aromatic N) is 4. The van der Waals surface area contributed by atoms with Gasteiger partial charge in [-0.15, -0.1) is 10.2 Å². The van der Waals surface area contributed by atoms with Crippen molar-refractivity contribution in [3.05, 3.63) is 35.0 Å². The summed E-state index contributed by atoms with van der Waals surface area (Å²) in [5.74, 6) is 2.35. The summed E-state index contributed by atoms with van der Waals surface area (Å²) in [6.07, 6.45) is 4.40. The van der Waals surface area contributed by atoms with Crippen LogP contribution in [0.3, 0.4) is 0 Å². The van der Waals surface area contributed by atoms with Crippen LogP contribution in [0.25, 0.3) is 0 Å². The Hall–Kier alpha value is -2.44. The molecule has 7 heteroatoms. The van der Waals surface area contributed by atoms with E-state index in [1.807, 2.05) is 19.9 Å². The molecule has 0 fully saturated rings. The van der Waals surface area contributed by atoms with Crippen molar-refractivity contribution in [3.8, 4) is 0 Å². The molecule has 4 rings (SSSR count). The van der Waals surface area contributed by atoms with Gasteiger partial charge in [0, 0.05) is 37.2 Å². The Kier molecular flexibility index (Phi) is 3.33. The summed E-state index contributed by atoms with van der Waals surface area (Å²) >= 11 is 0. The molecule has 0 aromatic carbocycles. The summed E-state index contributed by atoms with van der Waals surface area (Å²) in [4.78, 5) is 16.7. The molecule has 1 atom stereocenters. The number of rotatable bonds is 3. The van der Waals surface area contributed by atoms with Gasteiger partial charge in [-0.2, -0.15) is 0 Å².